The van der Waals surface area contributed by atoms with Gasteiger partial charge in [-0.2, -0.15) is 0 Å². The summed E-state index contributed by atoms with van der Waals surface area (Å²) in [5, 5.41) is 17.4. The minimum absolute atomic E-state index is 0.0853. The average Bonchev–Trinajstić information content (AvgIpc) is 2.85. The summed E-state index contributed by atoms with van der Waals surface area (Å²) in [5.74, 6) is 0.0963. The van der Waals surface area contributed by atoms with Crippen LogP contribution in [-0.4, -0.2) is 26.5 Å². The Balaban J connectivity index is 2.08. The molecule has 6 heteroatoms. The minimum Gasteiger partial charge on any atom is -0.396 e. The Morgan fingerprint density at radius 3 is 2.85 bits per heavy atom. The molecule has 0 fully saturated rings. The van der Waals surface area contributed by atoms with Crippen molar-refractivity contribution in [3.05, 3.63) is 35.2 Å². The van der Waals surface area contributed by atoms with Gasteiger partial charge in [-0.25, -0.2) is 8.78 Å². The summed E-state index contributed by atoms with van der Waals surface area (Å²) in [7, 11) is 0. The maximum absolute atomic E-state index is 14.0. The van der Waals surface area contributed by atoms with Gasteiger partial charge in [0.15, 0.2) is 5.82 Å². The zero-order chi connectivity index (χ0) is 14.3. The van der Waals surface area contributed by atoms with Crippen molar-refractivity contribution in [3.8, 4) is 11.4 Å². The molecular formula is C14H15F2N3O. The van der Waals surface area contributed by atoms with Crippen LogP contribution < -0.4 is 0 Å². The molecule has 20 heavy (non-hydrogen) atoms. The molecule has 1 aliphatic rings. The first kappa shape index (κ1) is 13.2. The SMILES string of the molecule is Cc1cc(-c2nnc3n2CC(CO)CC3)c(F)cc1F. The summed E-state index contributed by atoms with van der Waals surface area (Å²) in [6.45, 7) is 2.23. The van der Waals surface area contributed by atoms with Gasteiger partial charge >= 0.3 is 0 Å². The molecule has 0 aliphatic carbocycles. The zero-order valence-electron chi connectivity index (χ0n) is 11.1. The number of fused-ring (bicyclic) bond motifs is 1. The molecule has 0 saturated carbocycles. The molecule has 0 amide bonds. The number of aromatic nitrogens is 3. The highest BCUT2D eigenvalue weighted by atomic mass is 19.1. The van der Waals surface area contributed by atoms with E-state index in [1.807, 2.05) is 4.57 Å². The third-order valence-corrected chi connectivity index (χ3v) is 3.79. The zero-order valence-corrected chi connectivity index (χ0v) is 11.1. The Hall–Kier alpha value is -1.82. The van der Waals surface area contributed by atoms with Crippen molar-refractivity contribution < 1.29 is 13.9 Å². The number of rotatable bonds is 2. The quantitative estimate of drug-likeness (QED) is 0.915. The van der Waals surface area contributed by atoms with Crippen LogP contribution in [0.25, 0.3) is 11.4 Å². The van der Waals surface area contributed by atoms with Crippen molar-refractivity contribution in [1.29, 1.82) is 0 Å². The number of hydrogen-bond acceptors (Lipinski definition) is 3. The molecule has 0 saturated heterocycles. The summed E-state index contributed by atoms with van der Waals surface area (Å²) in [5.41, 5.74) is 0.620. The molecule has 1 aromatic heterocycles. The molecular weight excluding hydrogens is 264 g/mol. The third-order valence-electron chi connectivity index (χ3n) is 3.79. The number of aliphatic hydroxyl groups excluding tert-OH is 1. The summed E-state index contributed by atoms with van der Waals surface area (Å²) in [6, 6.07) is 2.32. The van der Waals surface area contributed by atoms with Gasteiger partial charge in [-0.3, -0.25) is 0 Å². The van der Waals surface area contributed by atoms with Crippen LogP contribution in [0, 0.1) is 24.5 Å². The second-order valence-electron chi connectivity index (χ2n) is 5.22. The normalized spacial score (nSPS) is 18.1. The average molecular weight is 279 g/mol. The fourth-order valence-corrected chi connectivity index (χ4v) is 2.57. The van der Waals surface area contributed by atoms with E-state index in [2.05, 4.69) is 10.2 Å². The first-order chi connectivity index (χ1) is 9.60. The van der Waals surface area contributed by atoms with Crippen LogP contribution in [0.3, 0.4) is 0 Å². The van der Waals surface area contributed by atoms with E-state index in [-0.39, 0.29) is 18.1 Å². The van der Waals surface area contributed by atoms with Gasteiger partial charge in [-0.05, 0) is 25.0 Å². The molecule has 1 N–H and O–H groups in total. The lowest BCUT2D eigenvalue weighted by molar-refractivity contribution is 0.191. The minimum atomic E-state index is -0.644. The molecule has 1 atom stereocenters. The predicted octanol–water partition coefficient (Wildman–Crippen LogP) is 2.09. The molecule has 2 heterocycles. The van der Waals surface area contributed by atoms with Crippen LogP contribution in [0.2, 0.25) is 0 Å². The van der Waals surface area contributed by atoms with Gasteiger partial charge < -0.3 is 9.67 Å². The van der Waals surface area contributed by atoms with Crippen molar-refractivity contribution in [2.75, 3.05) is 6.61 Å². The summed E-state index contributed by atoms with van der Waals surface area (Å²) < 4.78 is 29.1. The van der Waals surface area contributed by atoms with Crippen molar-refractivity contribution in [1.82, 2.24) is 14.8 Å². The van der Waals surface area contributed by atoms with E-state index < -0.39 is 11.6 Å². The Labute approximate surface area is 115 Å². The Morgan fingerprint density at radius 2 is 2.10 bits per heavy atom. The van der Waals surface area contributed by atoms with Crippen LogP contribution in [0.5, 0.6) is 0 Å². The topological polar surface area (TPSA) is 50.9 Å². The van der Waals surface area contributed by atoms with E-state index in [1.54, 1.807) is 6.92 Å². The van der Waals surface area contributed by atoms with Crippen molar-refractivity contribution >= 4 is 0 Å². The first-order valence-corrected chi connectivity index (χ1v) is 6.59. The lowest BCUT2D eigenvalue weighted by Gasteiger charge is -2.22. The summed E-state index contributed by atoms with van der Waals surface area (Å²) in [6.07, 6.45) is 1.56. The van der Waals surface area contributed by atoms with Crippen molar-refractivity contribution in [2.45, 2.75) is 26.3 Å². The lowest BCUT2D eigenvalue weighted by Crippen LogP contribution is -2.23. The fourth-order valence-electron chi connectivity index (χ4n) is 2.57. The van der Waals surface area contributed by atoms with Crippen LogP contribution >= 0.6 is 0 Å². The van der Waals surface area contributed by atoms with Crippen LogP contribution in [0.1, 0.15) is 17.8 Å². The Bertz CT molecular complexity index is 654. The number of aryl methyl sites for hydroxylation is 2. The van der Waals surface area contributed by atoms with Gasteiger partial charge in [0, 0.05) is 31.6 Å². The van der Waals surface area contributed by atoms with Crippen LogP contribution in [0.15, 0.2) is 12.1 Å². The molecule has 3 rings (SSSR count). The molecule has 0 spiro atoms. The first-order valence-electron chi connectivity index (χ1n) is 6.59. The second-order valence-corrected chi connectivity index (χ2v) is 5.22. The van der Waals surface area contributed by atoms with E-state index in [9.17, 15) is 13.9 Å². The van der Waals surface area contributed by atoms with E-state index in [1.165, 1.54) is 6.07 Å². The van der Waals surface area contributed by atoms with E-state index in [0.29, 0.717) is 24.4 Å². The van der Waals surface area contributed by atoms with Crippen molar-refractivity contribution in [3.63, 3.8) is 0 Å². The molecule has 106 valence electrons. The van der Waals surface area contributed by atoms with Gasteiger partial charge in [0.2, 0.25) is 0 Å². The third kappa shape index (κ3) is 2.10. The molecule has 0 bridgehead atoms. The van der Waals surface area contributed by atoms with E-state index >= 15 is 0 Å². The predicted molar refractivity (Wildman–Crippen MR) is 69.0 cm³/mol. The van der Waals surface area contributed by atoms with Gasteiger partial charge in [-0.1, -0.05) is 0 Å². The highest BCUT2D eigenvalue weighted by Gasteiger charge is 2.24. The monoisotopic (exact) mass is 279 g/mol. The molecule has 0 radical (unpaired) electrons. The van der Waals surface area contributed by atoms with Gasteiger partial charge in [0.05, 0.1) is 5.56 Å². The van der Waals surface area contributed by atoms with Gasteiger partial charge in [0.25, 0.3) is 0 Å². The van der Waals surface area contributed by atoms with E-state index in [4.69, 9.17) is 0 Å². The fraction of sp³-hybridized carbons (Fsp3) is 0.429. The van der Waals surface area contributed by atoms with Crippen LogP contribution in [-0.2, 0) is 13.0 Å². The molecule has 2 aromatic rings. The smallest absolute Gasteiger partial charge is 0.166 e. The number of halogens is 2. The highest BCUT2D eigenvalue weighted by molar-refractivity contribution is 5.58. The Kier molecular flexibility index (Phi) is 3.25. The maximum atomic E-state index is 14.0. The molecule has 1 aliphatic heterocycles. The standard InChI is InChI=1S/C14H15F2N3O/c1-8-4-10(12(16)5-11(8)15)14-18-17-13-3-2-9(7-20)6-19(13)14/h4-5,9,20H,2-3,6-7H2,1H3. The molecule has 4 nitrogen and oxygen atoms in total. The van der Waals surface area contributed by atoms with Gasteiger partial charge in [0.1, 0.15) is 17.5 Å². The summed E-state index contributed by atoms with van der Waals surface area (Å²) >= 11 is 0. The lowest BCUT2D eigenvalue weighted by atomic mass is 10.00. The number of hydrogen-bond donors (Lipinski definition) is 1. The molecule has 1 unspecified atom stereocenters. The van der Waals surface area contributed by atoms with Gasteiger partial charge in [-0.15, -0.1) is 10.2 Å². The van der Waals surface area contributed by atoms with Crippen molar-refractivity contribution in [2.24, 2.45) is 5.92 Å². The second kappa shape index (κ2) is 4.94. The van der Waals surface area contributed by atoms with Crippen LogP contribution in [0.4, 0.5) is 8.78 Å². The number of benzene rings is 1. The number of aliphatic hydroxyl groups is 1. The number of nitrogens with zero attached hydrogens (tertiary/aromatic N) is 3. The maximum Gasteiger partial charge on any atom is 0.166 e. The Morgan fingerprint density at radius 1 is 1.30 bits per heavy atom. The van der Waals surface area contributed by atoms with E-state index in [0.717, 1.165) is 18.3 Å². The highest BCUT2D eigenvalue weighted by Crippen LogP contribution is 2.28. The largest absolute Gasteiger partial charge is 0.396 e. The molecule has 1 aromatic carbocycles. The summed E-state index contributed by atoms with van der Waals surface area (Å²) in [4.78, 5) is 0.